The second-order valence-electron chi connectivity index (χ2n) is 7.39. The summed E-state index contributed by atoms with van der Waals surface area (Å²) in [4.78, 5) is 41.4. The van der Waals surface area contributed by atoms with Crippen molar-refractivity contribution in [2.75, 3.05) is 17.2 Å². The fraction of sp³-hybridized carbons (Fsp3) is 0.120. The molecule has 0 fully saturated rings. The van der Waals surface area contributed by atoms with E-state index in [1.807, 2.05) is 0 Å². The number of fused-ring (bicyclic) bond motifs is 1. The average Bonchev–Trinajstić information content (AvgIpc) is 3.18. The van der Waals surface area contributed by atoms with Gasteiger partial charge in [-0.1, -0.05) is 18.2 Å². The number of hydrogen-bond donors (Lipinski definition) is 2. The summed E-state index contributed by atoms with van der Waals surface area (Å²) in [6.07, 6.45) is 3.99. The van der Waals surface area contributed by atoms with E-state index in [9.17, 15) is 18.8 Å². The summed E-state index contributed by atoms with van der Waals surface area (Å²) in [5.74, 6) is -1.86. The molecule has 2 amide bonds. The van der Waals surface area contributed by atoms with Crippen molar-refractivity contribution >= 4 is 40.1 Å². The van der Waals surface area contributed by atoms with Gasteiger partial charge >= 0.3 is 6.09 Å². The van der Waals surface area contributed by atoms with Crippen LogP contribution in [0, 0.1) is 5.82 Å². The third-order valence-electron chi connectivity index (χ3n) is 5.06. The Labute approximate surface area is 194 Å². The van der Waals surface area contributed by atoms with Gasteiger partial charge in [0.25, 0.3) is 11.7 Å². The lowest BCUT2D eigenvalue weighted by Gasteiger charge is -2.08. The molecule has 2 N–H and O–H groups in total. The summed E-state index contributed by atoms with van der Waals surface area (Å²) in [5.41, 5.74) is 2.52. The van der Waals surface area contributed by atoms with E-state index in [-0.39, 0.29) is 18.0 Å². The Kier molecular flexibility index (Phi) is 6.63. The maximum absolute atomic E-state index is 13.3. The first-order valence-electron chi connectivity index (χ1n) is 10.5. The van der Waals surface area contributed by atoms with Crippen LogP contribution in [-0.2, 0) is 16.1 Å². The summed E-state index contributed by atoms with van der Waals surface area (Å²) in [5, 5.41) is 5.74. The van der Waals surface area contributed by atoms with Crippen LogP contribution in [0.1, 0.15) is 22.8 Å². The number of Topliss-reactive ketones (excluding diaryl/α,β-unsaturated/α-hetero) is 1. The van der Waals surface area contributed by atoms with Gasteiger partial charge in [-0.3, -0.25) is 19.9 Å². The monoisotopic (exact) mass is 460 g/mol. The average molecular weight is 460 g/mol. The predicted molar refractivity (Wildman–Crippen MR) is 125 cm³/mol. The highest BCUT2D eigenvalue weighted by Gasteiger charge is 2.22. The van der Waals surface area contributed by atoms with Gasteiger partial charge in [0.1, 0.15) is 5.82 Å². The molecule has 4 aromatic rings. The van der Waals surface area contributed by atoms with Gasteiger partial charge in [0.05, 0.1) is 17.7 Å². The van der Waals surface area contributed by atoms with Gasteiger partial charge in [0.15, 0.2) is 0 Å². The zero-order valence-corrected chi connectivity index (χ0v) is 18.2. The van der Waals surface area contributed by atoms with E-state index in [0.29, 0.717) is 28.8 Å². The number of hydrogen-bond acceptors (Lipinski definition) is 5. The summed E-state index contributed by atoms with van der Waals surface area (Å²) in [7, 11) is 0. The van der Waals surface area contributed by atoms with Crippen LogP contribution in [0.3, 0.4) is 0 Å². The molecule has 0 atom stereocenters. The number of ketones is 1. The molecule has 0 aliphatic heterocycles. The molecule has 0 bridgehead atoms. The van der Waals surface area contributed by atoms with Crippen molar-refractivity contribution in [1.29, 1.82) is 0 Å². The largest absolute Gasteiger partial charge is 0.450 e. The maximum atomic E-state index is 13.3. The molecule has 8 nitrogen and oxygen atoms in total. The molecule has 0 aliphatic carbocycles. The van der Waals surface area contributed by atoms with Crippen LogP contribution in [-0.4, -0.2) is 33.9 Å². The van der Waals surface area contributed by atoms with Gasteiger partial charge in [-0.15, -0.1) is 0 Å². The Balaban J connectivity index is 1.70. The van der Waals surface area contributed by atoms with Crippen LogP contribution in [0.2, 0.25) is 0 Å². The molecule has 0 saturated heterocycles. The fourth-order valence-electron chi connectivity index (χ4n) is 3.50. The van der Waals surface area contributed by atoms with E-state index < -0.39 is 17.8 Å². The molecule has 9 heteroatoms. The number of ether oxygens (including phenoxy) is 1. The first-order valence-corrected chi connectivity index (χ1v) is 10.5. The Morgan fingerprint density at radius 3 is 2.41 bits per heavy atom. The number of aromatic nitrogens is 2. The normalized spacial score (nSPS) is 10.6. The standard InChI is InChI=1S/C25H21FN4O4/c1-2-34-25(33)29-19-7-8-20-21(23(31)24(32)28-18-9-11-27-12-10-18)15-30(22(20)13-19)14-16-3-5-17(26)6-4-16/h3-13,15H,2,14H2,1H3,(H,29,33)(H,27,28,32). The maximum Gasteiger partial charge on any atom is 0.411 e. The molecule has 172 valence electrons. The Hall–Kier alpha value is -4.53. The molecule has 2 aromatic heterocycles. The van der Waals surface area contributed by atoms with E-state index in [0.717, 1.165) is 5.56 Å². The quantitative estimate of drug-likeness (QED) is 0.310. The van der Waals surface area contributed by atoms with Crippen molar-refractivity contribution in [2.24, 2.45) is 0 Å². The lowest BCUT2D eigenvalue weighted by Crippen LogP contribution is -2.22. The van der Waals surface area contributed by atoms with Crippen LogP contribution in [0.25, 0.3) is 10.9 Å². The van der Waals surface area contributed by atoms with E-state index in [1.165, 1.54) is 24.5 Å². The molecule has 34 heavy (non-hydrogen) atoms. The first kappa shape index (κ1) is 22.7. The molecule has 0 saturated carbocycles. The summed E-state index contributed by atoms with van der Waals surface area (Å²) >= 11 is 0. The topological polar surface area (TPSA) is 102 Å². The Morgan fingerprint density at radius 2 is 1.71 bits per heavy atom. The number of nitrogens with one attached hydrogen (secondary N) is 2. The zero-order chi connectivity index (χ0) is 24.1. The van der Waals surface area contributed by atoms with Crippen molar-refractivity contribution in [2.45, 2.75) is 13.5 Å². The fourth-order valence-corrected chi connectivity index (χ4v) is 3.50. The molecule has 0 aliphatic rings. The number of benzene rings is 2. The SMILES string of the molecule is CCOC(=O)Nc1ccc2c(C(=O)C(=O)Nc3ccncc3)cn(Cc3ccc(F)cc3)c2c1. The van der Waals surface area contributed by atoms with Gasteiger partial charge < -0.3 is 14.6 Å². The molecule has 0 radical (unpaired) electrons. The number of pyridine rings is 1. The highest BCUT2D eigenvalue weighted by atomic mass is 19.1. The number of amides is 2. The van der Waals surface area contributed by atoms with Crippen molar-refractivity contribution in [3.63, 3.8) is 0 Å². The van der Waals surface area contributed by atoms with Crippen LogP contribution in [0.4, 0.5) is 20.6 Å². The molecular weight excluding hydrogens is 439 g/mol. The van der Waals surface area contributed by atoms with Gasteiger partial charge in [0, 0.05) is 41.9 Å². The number of rotatable bonds is 7. The molecular formula is C25H21FN4O4. The van der Waals surface area contributed by atoms with E-state index in [2.05, 4.69) is 15.6 Å². The molecule has 0 unspecified atom stereocenters. The van der Waals surface area contributed by atoms with Crippen molar-refractivity contribution in [3.05, 3.63) is 90.1 Å². The summed E-state index contributed by atoms with van der Waals surface area (Å²) in [6, 6.07) is 14.1. The Bertz CT molecular complexity index is 1350. The summed E-state index contributed by atoms with van der Waals surface area (Å²) in [6.45, 7) is 2.24. The third-order valence-corrected chi connectivity index (χ3v) is 5.06. The lowest BCUT2D eigenvalue weighted by molar-refractivity contribution is -0.112. The minimum atomic E-state index is -0.791. The van der Waals surface area contributed by atoms with Crippen LogP contribution < -0.4 is 10.6 Å². The summed E-state index contributed by atoms with van der Waals surface area (Å²) < 4.78 is 20.0. The lowest BCUT2D eigenvalue weighted by atomic mass is 10.1. The number of halogens is 1. The van der Waals surface area contributed by atoms with Crippen LogP contribution >= 0.6 is 0 Å². The van der Waals surface area contributed by atoms with Crippen molar-refractivity contribution in [1.82, 2.24) is 9.55 Å². The Morgan fingerprint density at radius 1 is 0.971 bits per heavy atom. The first-order chi connectivity index (χ1) is 16.4. The van der Waals surface area contributed by atoms with Gasteiger partial charge in [-0.05, 0) is 48.9 Å². The smallest absolute Gasteiger partial charge is 0.411 e. The third kappa shape index (κ3) is 5.09. The molecule has 2 aromatic carbocycles. The van der Waals surface area contributed by atoms with Gasteiger partial charge in [-0.2, -0.15) is 0 Å². The number of carbonyl (C=O) groups is 3. The highest BCUT2D eigenvalue weighted by Crippen LogP contribution is 2.27. The van der Waals surface area contributed by atoms with E-state index in [1.54, 1.807) is 60.2 Å². The molecule has 0 spiro atoms. The molecule has 4 rings (SSSR count). The van der Waals surface area contributed by atoms with Crippen LogP contribution in [0.5, 0.6) is 0 Å². The van der Waals surface area contributed by atoms with Gasteiger partial charge in [0.2, 0.25) is 0 Å². The second-order valence-corrected chi connectivity index (χ2v) is 7.39. The number of anilines is 2. The number of nitrogens with zero attached hydrogens (tertiary/aromatic N) is 2. The van der Waals surface area contributed by atoms with Crippen molar-refractivity contribution < 1.29 is 23.5 Å². The minimum Gasteiger partial charge on any atom is -0.450 e. The molecule has 2 heterocycles. The predicted octanol–water partition coefficient (Wildman–Crippen LogP) is 4.61. The minimum absolute atomic E-state index is 0.200. The van der Waals surface area contributed by atoms with Crippen LogP contribution in [0.15, 0.2) is 73.2 Å². The van der Waals surface area contributed by atoms with E-state index >= 15 is 0 Å². The van der Waals surface area contributed by atoms with E-state index in [4.69, 9.17) is 4.74 Å². The number of carbonyl (C=O) groups excluding carboxylic acids is 3. The second kappa shape index (κ2) is 9.95. The highest BCUT2D eigenvalue weighted by molar-refractivity contribution is 6.48. The van der Waals surface area contributed by atoms with Gasteiger partial charge in [-0.25, -0.2) is 9.18 Å². The zero-order valence-electron chi connectivity index (χ0n) is 18.2. The van der Waals surface area contributed by atoms with Crippen molar-refractivity contribution in [3.8, 4) is 0 Å².